The van der Waals surface area contributed by atoms with Crippen molar-refractivity contribution in [2.24, 2.45) is 0 Å². The number of benzene rings is 1. The third-order valence-corrected chi connectivity index (χ3v) is 4.93. The van der Waals surface area contributed by atoms with Crippen molar-refractivity contribution in [2.45, 2.75) is 13.0 Å². The van der Waals surface area contributed by atoms with Crippen LogP contribution in [0.15, 0.2) is 24.3 Å². The normalized spacial score (nSPS) is 14.2. The molecule has 4 nitrogen and oxygen atoms in total. The first kappa shape index (κ1) is 13.1. The zero-order chi connectivity index (χ0) is 14.1. The number of thiophene rings is 1. The number of carbonyl (C=O) groups excluding carboxylic acids is 2. The zero-order valence-electron chi connectivity index (χ0n) is 11.3. The monoisotopic (exact) mass is 288 g/mol. The first-order chi connectivity index (χ1) is 9.69. The standard InChI is InChI=1S/C15H16N2O2S/c1-16(10-18)9-15(19)17-7-6-14-12(8-17)11-4-2-3-5-13(11)20-14/h2-5,10H,6-9H2,1H3. The maximum atomic E-state index is 12.2. The van der Waals surface area contributed by atoms with Crippen LogP contribution in [0, 0.1) is 0 Å². The summed E-state index contributed by atoms with van der Waals surface area (Å²) >= 11 is 1.83. The van der Waals surface area contributed by atoms with E-state index in [1.807, 2.05) is 28.4 Å². The molecular weight excluding hydrogens is 272 g/mol. The van der Waals surface area contributed by atoms with Crippen LogP contribution in [0.2, 0.25) is 0 Å². The van der Waals surface area contributed by atoms with Crippen LogP contribution in [0.25, 0.3) is 10.1 Å². The number of hydrogen-bond acceptors (Lipinski definition) is 3. The van der Waals surface area contributed by atoms with Crippen LogP contribution < -0.4 is 0 Å². The Balaban J connectivity index is 1.84. The Labute approximate surface area is 121 Å². The van der Waals surface area contributed by atoms with Gasteiger partial charge in [0, 0.05) is 29.7 Å². The van der Waals surface area contributed by atoms with Crippen LogP contribution in [0.5, 0.6) is 0 Å². The number of amides is 2. The number of likely N-dealkylation sites (N-methyl/N-ethyl adjacent to an activating group) is 1. The fourth-order valence-corrected chi connectivity index (χ4v) is 3.80. The van der Waals surface area contributed by atoms with Gasteiger partial charge in [-0.15, -0.1) is 11.3 Å². The third kappa shape index (κ3) is 2.29. The molecule has 2 heterocycles. The van der Waals surface area contributed by atoms with E-state index in [2.05, 4.69) is 12.1 Å². The lowest BCUT2D eigenvalue weighted by Crippen LogP contribution is -2.41. The second-order valence-electron chi connectivity index (χ2n) is 5.09. The van der Waals surface area contributed by atoms with E-state index in [4.69, 9.17) is 0 Å². The molecule has 0 fully saturated rings. The molecule has 1 aliphatic rings. The molecule has 3 rings (SSSR count). The van der Waals surface area contributed by atoms with Gasteiger partial charge in [0.15, 0.2) is 0 Å². The molecule has 0 bridgehead atoms. The Morgan fingerprint density at radius 1 is 1.45 bits per heavy atom. The molecule has 1 aromatic heterocycles. The van der Waals surface area contributed by atoms with Crippen molar-refractivity contribution in [2.75, 3.05) is 20.1 Å². The molecule has 0 saturated carbocycles. The number of fused-ring (bicyclic) bond motifs is 3. The quantitative estimate of drug-likeness (QED) is 0.809. The Bertz CT molecular complexity index is 665. The van der Waals surface area contributed by atoms with Gasteiger partial charge in [-0.3, -0.25) is 9.59 Å². The maximum Gasteiger partial charge on any atom is 0.242 e. The molecule has 0 saturated heterocycles. The van der Waals surface area contributed by atoms with Crippen molar-refractivity contribution in [3.8, 4) is 0 Å². The van der Waals surface area contributed by atoms with Crippen molar-refractivity contribution in [3.05, 3.63) is 34.7 Å². The molecule has 104 valence electrons. The molecule has 0 unspecified atom stereocenters. The Morgan fingerprint density at radius 3 is 3.05 bits per heavy atom. The van der Waals surface area contributed by atoms with E-state index in [1.54, 1.807) is 7.05 Å². The minimum absolute atomic E-state index is 0.0144. The van der Waals surface area contributed by atoms with Crippen molar-refractivity contribution in [3.63, 3.8) is 0 Å². The van der Waals surface area contributed by atoms with E-state index >= 15 is 0 Å². The molecule has 0 atom stereocenters. The van der Waals surface area contributed by atoms with Gasteiger partial charge in [-0.1, -0.05) is 18.2 Å². The summed E-state index contributed by atoms with van der Waals surface area (Å²) in [5.74, 6) is 0.0144. The van der Waals surface area contributed by atoms with Gasteiger partial charge in [0.1, 0.15) is 0 Å². The fourth-order valence-electron chi connectivity index (χ4n) is 2.59. The average Bonchev–Trinajstić information content (AvgIpc) is 2.84. The summed E-state index contributed by atoms with van der Waals surface area (Å²) in [6, 6.07) is 8.34. The number of hydrogen-bond donors (Lipinski definition) is 0. The predicted octanol–water partition coefficient (Wildman–Crippen LogP) is 1.87. The van der Waals surface area contributed by atoms with E-state index in [0.717, 1.165) is 13.0 Å². The Kier molecular flexibility index (Phi) is 3.44. The van der Waals surface area contributed by atoms with Crippen LogP contribution >= 0.6 is 11.3 Å². The molecule has 20 heavy (non-hydrogen) atoms. The molecule has 2 aromatic rings. The molecule has 5 heteroatoms. The summed E-state index contributed by atoms with van der Waals surface area (Å²) in [5.41, 5.74) is 1.28. The van der Waals surface area contributed by atoms with Gasteiger partial charge in [-0.05, 0) is 23.4 Å². The van der Waals surface area contributed by atoms with Gasteiger partial charge < -0.3 is 9.80 Å². The highest BCUT2D eigenvalue weighted by Crippen LogP contribution is 2.34. The second-order valence-corrected chi connectivity index (χ2v) is 6.22. The van der Waals surface area contributed by atoms with Crippen molar-refractivity contribution < 1.29 is 9.59 Å². The minimum atomic E-state index is 0.0144. The van der Waals surface area contributed by atoms with Crippen LogP contribution in [-0.2, 0) is 22.6 Å². The van der Waals surface area contributed by atoms with Crippen LogP contribution in [0.4, 0.5) is 0 Å². The summed E-state index contributed by atoms with van der Waals surface area (Å²) in [4.78, 5) is 27.4. The molecule has 0 N–H and O–H groups in total. The van der Waals surface area contributed by atoms with Crippen molar-refractivity contribution in [1.29, 1.82) is 0 Å². The number of nitrogens with zero attached hydrogens (tertiary/aromatic N) is 2. The van der Waals surface area contributed by atoms with Crippen LogP contribution in [0.1, 0.15) is 10.4 Å². The van der Waals surface area contributed by atoms with E-state index in [0.29, 0.717) is 13.0 Å². The summed E-state index contributed by atoms with van der Waals surface area (Å²) in [7, 11) is 1.63. The van der Waals surface area contributed by atoms with Gasteiger partial charge in [0.2, 0.25) is 12.3 Å². The average molecular weight is 288 g/mol. The second kappa shape index (κ2) is 5.25. The third-order valence-electron chi connectivity index (χ3n) is 3.66. The minimum Gasteiger partial charge on any atom is -0.339 e. The summed E-state index contributed by atoms with van der Waals surface area (Å²) < 4.78 is 1.29. The van der Waals surface area contributed by atoms with Crippen molar-refractivity contribution >= 4 is 33.7 Å². The summed E-state index contributed by atoms with van der Waals surface area (Å²) in [6.07, 6.45) is 1.60. The first-order valence-corrected chi connectivity index (χ1v) is 7.43. The van der Waals surface area contributed by atoms with Gasteiger partial charge in [-0.25, -0.2) is 0 Å². The molecular formula is C15H16N2O2S. The van der Waals surface area contributed by atoms with Gasteiger partial charge in [0.25, 0.3) is 0 Å². The molecule has 0 radical (unpaired) electrons. The Hall–Kier alpha value is -1.88. The zero-order valence-corrected chi connectivity index (χ0v) is 12.2. The molecule has 1 aromatic carbocycles. The highest BCUT2D eigenvalue weighted by Gasteiger charge is 2.24. The van der Waals surface area contributed by atoms with E-state index < -0.39 is 0 Å². The SMILES string of the molecule is CN(C=O)CC(=O)N1CCc2sc3ccccc3c2C1. The van der Waals surface area contributed by atoms with Gasteiger partial charge in [-0.2, -0.15) is 0 Å². The molecule has 1 aliphatic heterocycles. The largest absolute Gasteiger partial charge is 0.339 e. The van der Waals surface area contributed by atoms with E-state index in [9.17, 15) is 9.59 Å². The maximum absolute atomic E-state index is 12.2. The van der Waals surface area contributed by atoms with E-state index in [-0.39, 0.29) is 12.5 Å². The summed E-state index contributed by atoms with van der Waals surface area (Å²) in [6.45, 7) is 1.55. The summed E-state index contributed by atoms with van der Waals surface area (Å²) in [5, 5.41) is 1.26. The molecule has 0 spiro atoms. The Morgan fingerprint density at radius 2 is 2.25 bits per heavy atom. The number of rotatable bonds is 3. The first-order valence-electron chi connectivity index (χ1n) is 6.61. The highest BCUT2D eigenvalue weighted by molar-refractivity contribution is 7.19. The fraction of sp³-hybridized carbons (Fsp3) is 0.333. The smallest absolute Gasteiger partial charge is 0.242 e. The lowest BCUT2D eigenvalue weighted by atomic mass is 10.0. The lowest BCUT2D eigenvalue weighted by molar-refractivity contribution is -0.135. The van der Waals surface area contributed by atoms with Gasteiger partial charge in [0.05, 0.1) is 6.54 Å². The van der Waals surface area contributed by atoms with Crippen LogP contribution in [-0.4, -0.2) is 42.3 Å². The van der Waals surface area contributed by atoms with Gasteiger partial charge >= 0.3 is 0 Å². The van der Waals surface area contributed by atoms with Crippen molar-refractivity contribution in [1.82, 2.24) is 9.80 Å². The van der Waals surface area contributed by atoms with Crippen LogP contribution in [0.3, 0.4) is 0 Å². The molecule has 2 amide bonds. The predicted molar refractivity (Wildman–Crippen MR) is 79.6 cm³/mol. The molecule has 0 aliphatic carbocycles. The van der Waals surface area contributed by atoms with E-state index in [1.165, 1.54) is 25.4 Å². The lowest BCUT2D eigenvalue weighted by Gasteiger charge is -2.28. The highest BCUT2D eigenvalue weighted by atomic mass is 32.1. The number of carbonyl (C=O) groups is 2. The topological polar surface area (TPSA) is 40.6 Å².